The Morgan fingerprint density at radius 1 is 0.962 bits per heavy atom. The molecule has 26 heavy (non-hydrogen) atoms. The lowest BCUT2D eigenvalue weighted by molar-refractivity contribution is -0.122. The largest absolute Gasteiger partial charge is 0.352 e. The molecule has 0 radical (unpaired) electrons. The van der Waals surface area contributed by atoms with Crippen molar-refractivity contribution in [2.45, 2.75) is 38.3 Å². The van der Waals surface area contributed by atoms with E-state index in [-0.39, 0.29) is 18.0 Å². The number of hydrogen-bond acceptors (Lipinski definition) is 2. The third kappa shape index (κ3) is 3.54. The van der Waals surface area contributed by atoms with Crippen molar-refractivity contribution in [1.82, 2.24) is 19.7 Å². The van der Waals surface area contributed by atoms with Crippen LogP contribution >= 0.6 is 0 Å². The first kappa shape index (κ1) is 16.9. The van der Waals surface area contributed by atoms with Gasteiger partial charge in [0.1, 0.15) is 6.54 Å². The molecule has 1 aromatic carbocycles. The van der Waals surface area contributed by atoms with Crippen molar-refractivity contribution in [2.75, 3.05) is 26.2 Å². The topological polar surface area (TPSA) is 57.6 Å². The zero-order valence-corrected chi connectivity index (χ0v) is 15.1. The van der Waals surface area contributed by atoms with Crippen LogP contribution in [0.5, 0.6) is 0 Å². The molecule has 3 heterocycles. The molecule has 6 nitrogen and oxygen atoms in total. The van der Waals surface area contributed by atoms with E-state index in [4.69, 9.17) is 0 Å². The predicted octanol–water partition coefficient (Wildman–Crippen LogP) is 2.44. The van der Waals surface area contributed by atoms with Crippen LogP contribution in [0.15, 0.2) is 36.5 Å². The van der Waals surface area contributed by atoms with Gasteiger partial charge in [0.2, 0.25) is 5.91 Å². The van der Waals surface area contributed by atoms with Crippen molar-refractivity contribution >= 4 is 22.8 Å². The Balaban J connectivity index is 1.27. The van der Waals surface area contributed by atoms with E-state index in [0.717, 1.165) is 62.8 Å². The smallest absolute Gasteiger partial charge is 0.319 e. The summed E-state index contributed by atoms with van der Waals surface area (Å²) in [6, 6.07) is 10.4. The second kappa shape index (κ2) is 7.40. The normalized spacial score (nSPS) is 18.5. The fraction of sp³-hybridized carbons (Fsp3) is 0.500. The van der Waals surface area contributed by atoms with Gasteiger partial charge in [0.05, 0.1) is 0 Å². The number of nitrogens with zero attached hydrogens (tertiary/aromatic N) is 3. The molecule has 4 rings (SSSR count). The van der Waals surface area contributed by atoms with Crippen LogP contribution in [-0.4, -0.2) is 58.5 Å². The van der Waals surface area contributed by atoms with Crippen molar-refractivity contribution in [3.8, 4) is 0 Å². The number of carbonyl (C=O) groups is 2. The van der Waals surface area contributed by atoms with E-state index >= 15 is 0 Å². The summed E-state index contributed by atoms with van der Waals surface area (Å²) < 4.78 is 1.98. The summed E-state index contributed by atoms with van der Waals surface area (Å²) in [4.78, 5) is 28.7. The third-order valence-electron chi connectivity index (χ3n) is 5.50. The van der Waals surface area contributed by atoms with Gasteiger partial charge in [0.25, 0.3) is 0 Å². The van der Waals surface area contributed by atoms with E-state index in [9.17, 15) is 9.59 Å². The number of likely N-dealkylation sites (tertiary alicyclic amines) is 2. The lowest BCUT2D eigenvalue weighted by atomic mass is 10.1. The van der Waals surface area contributed by atoms with E-state index in [1.54, 1.807) is 0 Å². The Morgan fingerprint density at radius 3 is 2.42 bits per heavy atom. The summed E-state index contributed by atoms with van der Waals surface area (Å²) in [6.07, 6.45) is 5.86. The fourth-order valence-corrected chi connectivity index (χ4v) is 4.03. The number of nitrogens with one attached hydrogen (secondary N) is 1. The van der Waals surface area contributed by atoms with Crippen LogP contribution in [0.3, 0.4) is 0 Å². The van der Waals surface area contributed by atoms with Gasteiger partial charge in [-0.1, -0.05) is 18.2 Å². The van der Waals surface area contributed by atoms with Crippen LogP contribution in [0, 0.1) is 0 Å². The number of hydrogen-bond donors (Lipinski definition) is 1. The Bertz CT molecular complexity index is 786. The second-order valence-corrected chi connectivity index (χ2v) is 7.31. The maximum atomic E-state index is 12.4. The number of carbonyl (C=O) groups excluding carboxylic acids is 2. The van der Waals surface area contributed by atoms with E-state index in [1.807, 2.05) is 44.8 Å². The molecule has 1 aromatic heterocycles. The Hall–Kier alpha value is -2.50. The highest BCUT2D eigenvalue weighted by molar-refractivity contribution is 5.83. The molecule has 138 valence electrons. The fourth-order valence-electron chi connectivity index (χ4n) is 4.03. The minimum Gasteiger partial charge on any atom is -0.352 e. The quantitative estimate of drug-likeness (QED) is 0.920. The van der Waals surface area contributed by atoms with Crippen LogP contribution in [0.4, 0.5) is 4.79 Å². The molecule has 1 N–H and O–H groups in total. The van der Waals surface area contributed by atoms with Crippen molar-refractivity contribution in [3.63, 3.8) is 0 Å². The summed E-state index contributed by atoms with van der Waals surface area (Å²) >= 11 is 0. The van der Waals surface area contributed by atoms with Gasteiger partial charge < -0.3 is 19.7 Å². The standard InChI is InChI=1S/C20H26N4O2/c25-19(15-24-12-7-16-5-1-2-6-18(16)24)21-17-8-13-23(14-9-17)20(26)22-10-3-4-11-22/h1-2,5-7,12,17H,3-4,8-11,13-15H2,(H,21,25). The molecule has 0 bridgehead atoms. The highest BCUT2D eigenvalue weighted by atomic mass is 16.2. The first-order valence-corrected chi connectivity index (χ1v) is 9.58. The Labute approximate surface area is 153 Å². The lowest BCUT2D eigenvalue weighted by Gasteiger charge is -2.34. The minimum atomic E-state index is 0.0377. The molecule has 6 heteroatoms. The number of para-hydroxylation sites is 1. The minimum absolute atomic E-state index is 0.0377. The first-order chi connectivity index (χ1) is 12.7. The SMILES string of the molecule is O=C(Cn1ccc2ccccc21)NC1CCN(C(=O)N2CCCC2)CC1. The molecule has 0 saturated carbocycles. The van der Waals surface area contributed by atoms with Gasteiger partial charge in [-0.15, -0.1) is 0 Å². The van der Waals surface area contributed by atoms with Crippen LogP contribution in [0.25, 0.3) is 10.9 Å². The van der Waals surface area contributed by atoms with E-state index in [2.05, 4.69) is 11.4 Å². The molecule has 2 aliphatic heterocycles. The van der Waals surface area contributed by atoms with Crippen LogP contribution < -0.4 is 5.32 Å². The highest BCUT2D eigenvalue weighted by Crippen LogP contribution is 2.17. The number of fused-ring (bicyclic) bond motifs is 1. The summed E-state index contributed by atoms with van der Waals surface area (Å²) in [5.41, 5.74) is 1.08. The third-order valence-corrected chi connectivity index (χ3v) is 5.50. The average molecular weight is 354 g/mol. The monoisotopic (exact) mass is 354 g/mol. The van der Waals surface area contributed by atoms with Crippen molar-refractivity contribution in [2.24, 2.45) is 0 Å². The number of piperidine rings is 1. The van der Waals surface area contributed by atoms with E-state index in [1.165, 1.54) is 0 Å². The van der Waals surface area contributed by atoms with Gasteiger partial charge in [0, 0.05) is 43.9 Å². The number of rotatable bonds is 3. The van der Waals surface area contributed by atoms with Gasteiger partial charge in [-0.25, -0.2) is 4.79 Å². The summed E-state index contributed by atoms with van der Waals surface area (Å²) in [6.45, 7) is 3.57. The predicted molar refractivity (Wildman–Crippen MR) is 101 cm³/mol. The molecule has 2 aromatic rings. The molecule has 2 fully saturated rings. The average Bonchev–Trinajstić information content (AvgIpc) is 3.32. The molecule has 0 unspecified atom stereocenters. The van der Waals surface area contributed by atoms with Gasteiger partial charge in [-0.05, 0) is 43.2 Å². The number of aromatic nitrogens is 1. The van der Waals surface area contributed by atoms with Crippen molar-refractivity contribution in [3.05, 3.63) is 36.5 Å². The number of benzene rings is 1. The summed E-state index contributed by atoms with van der Waals surface area (Å²) in [5, 5.41) is 4.29. The molecule has 3 amide bonds. The molecular formula is C20H26N4O2. The Kier molecular flexibility index (Phi) is 4.82. The zero-order valence-electron chi connectivity index (χ0n) is 15.1. The lowest BCUT2D eigenvalue weighted by Crippen LogP contribution is -2.50. The first-order valence-electron chi connectivity index (χ1n) is 9.58. The van der Waals surface area contributed by atoms with Crippen LogP contribution in [0.1, 0.15) is 25.7 Å². The zero-order chi connectivity index (χ0) is 17.9. The molecule has 2 saturated heterocycles. The number of urea groups is 1. The van der Waals surface area contributed by atoms with E-state index < -0.39 is 0 Å². The highest BCUT2D eigenvalue weighted by Gasteiger charge is 2.28. The van der Waals surface area contributed by atoms with Gasteiger partial charge in [-0.2, -0.15) is 0 Å². The molecule has 0 spiro atoms. The van der Waals surface area contributed by atoms with E-state index in [0.29, 0.717) is 6.54 Å². The molecular weight excluding hydrogens is 328 g/mol. The summed E-state index contributed by atoms with van der Waals surface area (Å²) in [5.74, 6) is 0.0377. The second-order valence-electron chi connectivity index (χ2n) is 7.31. The Morgan fingerprint density at radius 2 is 1.65 bits per heavy atom. The van der Waals surface area contributed by atoms with Gasteiger partial charge in [-0.3, -0.25) is 4.79 Å². The maximum Gasteiger partial charge on any atom is 0.319 e. The molecule has 0 atom stereocenters. The summed E-state index contributed by atoms with van der Waals surface area (Å²) in [7, 11) is 0. The maximum absolute atomic E-state index is 12.4. The van der Waals surface area contributed by atoms with Crippen molar-refractivity contribution < 1.29 is 9.59 Å². The van der Waals surface area contributed by atoms with Gasteiger partial charge in [0.15, 0.2) is 0 Å². The van der Waals surface area contributed by atoms with Crippen molar-refractivity contribution in [1.29, 1.82) is 0 Å². The molecule has 2 aliphatic rings. The van der Waals surface area contributed by atoms with Crippen LogP contribution in [0.2, 0.25) is 0 Å². The number of amides is 3. The van der Waals surface area contributed by atoms with Gasteiger partial charge >= 0.3 is 6.03 Å². The van der Waals surface area contributed by atoms with Crippen LogP contribution in [-0.2, 0) is 11.3 Å². The molecule has 0 aliphatic carbocycles.